The van der Waals surface area contributed by atoms with E-state index < -0.39 is 30.0 Å². The van der Waals surface area contributed by atoms with Crippen LogP contribution in [0.2, 0.25) is 0 Å². The van der Waals surface area contributed by atoms with Gasteiger partial charge in [-0.25, -0.2) is 4.39 Å². The van der Waals surface area contributed by atoms with Crippen LogP contribution in [0.3, 0.4) is 0 Å². The minimum absolute atomic E-state index is 0.0480. The number of hydrogen-bond acceptors (Lipinski definition) is 6. The molecule has 1 saturated heterocycles. The zero-order chi connectivity index (χ0) is 24.9. The van der Waals surface area contributed by atoms with Gasteiger partial charge in [0.1, 0.15) is 23.7 Å². The topological polar surface area (TPSA) is 91.3 Å². The minimum atomic E-state index is -0.893. The number of benzene rings is 1. The van der Waals surface area contributed by atoms with E-state index in [0.717, 1.165) is 6.42 Å². The SMILES string of the molecule is COc1c(Br)cc(F)cc1CN1O[C@@H](CO)[C@@H]([C@H](C)O)[C@H]1C(=O)NC1C[C@@H]2C[C@H]([C@@H]1C)C2(C)C. The Morgan fingerprint density at radius 3 is 2.68 bits per heavy atom. The molecule has 3 saturated carbocycles. The minimum Gasteiger partial charge on any atom is -0.495 e. The van der Waals surface area contributed by atoms with Gasteiger partial charge in [0.05, 0.1) is 30.8 Å². The molecule has 1 amide bonds. The molecule has 0 aromatic heterocycles. The van der Waals surface area contributed by atoms with Crippen LogP contribution in [0, 0.1) is 34.9 Å². The molecule has 1 heterocycles. The van der Waals surface area contributed by atoms with Gasteiger partial charge < -0.3 is 20.3 Å². The van der Waals surface area contributed by atoms with E-state index in [-0.39, 0.29) is 25.1 Å². The first-order valence-electron chi connectivity index (χ1n) is 12.0. The van der Waals surface area contributed by atoms with E-state index in [0.29, 0.717) is 39.0 Å². The van der Waals surface area contributed by atoms with Gasteiger partial charge in [0.2, 0.25) is 5.91 Å². The standard InChI is InChI=1S/C25H36BrFN2O5/c1-12-17-7-15(25(17,3)4)8-19(12)28-24(32)22-21(13(2)31)20(11-30)34-29(22)10-14-6-16(27)9-18(26)23(14)33-5/h6,9,12-13,15,17,19-22,30-31H,7-8,10-11H2,1-5H3,(H,28,32)/t12-,13-,15-,17+,19?,20-,21+,22-/m0/s1. The summed E-state index contributed by atoms with van der Waals surface area (Å²) in [6.07, 6.45) is 0.485. The second-order valence-corrected chi connectivity index (χ2v) is 11.7. The molecule has 0 radical (unpaired) electrons. The van der Waals surface area contributed by atoms with Crippen LogP contribution < -0.4 is 10.1 Å². The Balaban J connectivity index is 1.59. The molecule has 8 atom stereocenters. The molecule has 1 aromatic carbocycles. The van der Waals surface area contributed by atoms with Crippen molar-refractivity contribution in [1.29, 1.82) is 0 Å². The van der Waals surface area contributed by atoms with Crippen LogP contribution in [0.15, 0.2) is 16.6 Å². The van der Waals surface area contributed by atoms with E-state index in [4.69, 9.17) is 9.57 Å². The number of carbonyl (C=O) groups is 1. The van der Waals surface area contributed by atoms with Gasteiger partial charge in [-0.15, -0.1) is 0 Å². The summed E-state index contributed by atoms with van der Waals surface area (Å²) in [5.74, 6) is 0.600. The lowest BCUT2D eigenvalue weighted by molar-refractivity contribution is -0.183. The fraction of sp³-hybridized carbons (Fsp3) is 0.720. The number of nitrogens with one attached hydrogen (secondary N) is 1. The average molecular weight is 543 g/mol. The molecule has 4 fully saturated rings. The van der Waals surface area contributed by atoms with E-state index in [1.807, 2.05) is 0 Å². The molecule has 190 valence electrons. The second-order valence-electron chi connectivity index (χ2n) is 10.8. The monoisotopic (exact) mass is 542 g/mol. The van der Waals surface area contributed by atoms with Gasteiger partial charge >= 0.3 is 0 Å². The number of amides is 1. The van der Waals surface area contributed by atoms with Gasteiger partial charge in [-0.05, 0) is 71.0 Å². The zero-order valence-electron chi connectivity index (χ0n) is 20.4. The summed E-state index contributed by atoms with van der Waals surface area (Å²) in [6, 6.07) is 1.85. The first-order valence-corrected chi connectivity index (χ1v) is 12.8. The smallest absolute Gasteiger partial charge is 0.240 e. The van der Waals surface area contributed by atoms with E-state index in [1.54, 1.807) is 6.92 Å². The van der Waals surface area contributed by atoms with Gasteiger partial charge in [-0.2, -0.15) is 5.06 Å². The zero-order valence-corrected chi connectivity index (χ0v) is 22.0. The quantitative estimate of drug-likeness (QED) is 0.489. The number of fused-ring (bicyclic) bond motifs is 2. The number of hydroxylamine groups is 2. The summed E-state index contributed by atoms with van der Waals surface area (Å²) in [6.45, 7) is 8.13. The molecule has 9 heteroatoms. The number of methoxy groups -OCH3 is 1. The van der Waals surface area contributed by atoms with Crippen LogP contribution in [-0.4, -0.2) is 59.2 Å². The molecule has 1 aromatic rings. The van der Waals surface area contributed by atoms with Crippen molar-refractivity contribution in [3.05, 3.63) is 28.0 Å². The molecule has 5 rings (SSSR count). The Kier molecular flexibility index (Phi) is 7.33. The summed E-state index contributed by atoms with van der Waals surface area (Å²) in [7, 11) is 1.49. The number of rotatable bonds is 7. The molecule has 3 aliphatic carbocycles. The summed E-state index contributed by atoms with van der Waals surface area (Å²) in [4.78, 5) is 19.6. The van der Waals surface area contributed by atoms with Crippen molar-refractivity contribution in [3.8, 4) is 5.75 Å². The molecule has 1 aliphatic heterocycles. The molecule has 2 bridgehead atoms. The molecule has 7 nitrogen and oxygen atoms in total. The number of aliphatic hydroxyl groups excluding tert-OH is 2. The highest BCUT2D eigenvalue weighted by molar-refractivity contribution is 9.10. The highest BCUT2D eigenvalue weighted by Crippen LogP contribution is 2.61. The van der Waals surface area contributed by atoms with Gasteiger partial charge in [-0.1, -0.05) is 20.8 Å². The molecule has 3 N–H and O–H groups in total. The van der Waals surface area contributed by atoms with E-state index in [1.165, 1.54) is 30.7 Å². The van der Waals surface area contributed by atoms with Crippen molar-refractivity contribution >= 4 is 21.8 Å². The molecular formula is C25H36BrFN2O5. The maximum Gasteiger partial charge on any atom is 0.240 e. The first-order chi connectivity index (χ1) is 16.0. The third-order valence-electron chi connectivity index (χ3n) is 8.68. The lowest BCUT2D eigenvalue weighted by Crippen LogP contribution is -2.62. The fourth-order valence-electron chi connectivity index (χ4n) is 6.61. The molecule has 4 aliphatic rings. The van der Waals surface area contributed by atoms with Crippen LogP contribution in [0.1, 0.15) is 46.1 Å². The number of hydrogen-bond donors (Lipinski definition) is 3. The van der Waals surface area contributed by atoms with Crippen molar-refractivity contribution in [2.75, 3.05) is 13.7 Å². The van der Waals surface area contributed by atoms with Gasteiger partial charge in [0, 0.05) is 17.5 Å². The lowest BCUT2D eigenvalue weighted by Gasteiger charge is -2.62. The first kappa shape index (κ1) is 25.8. The summed E-state index contributed by atoms with van der Waals surface area (Å²) < 4.78 is 20.1. The van der Waals surface area contributed by atoms with E-state index in [2.05, 4.69) is 42.0 Å². The van der Waals surface area contributed by atoms with Crippen LogP contribution in [0.25, 0.3) is 0 Å². The largest absolute Gasteiger partial charge is 0.495 e. The third-order valence-corrected chi connectivity index (χ3v) is 9.27. The number of aliphatic hydroxyl groups is 2. The molecular weight excluding hydrogens is 507 g/mol. The molecule has 34 heavy (non-hydrogen) atoms. The van der Waals surface area contributed by atoms with Crippen molar-refractivity contribution in [2.45, 2.75) is 71.4 Å². The van der Waals surface area contributed by atoms with Crippen LogP contribution >= 0.6 is 15.9 Å². The van der Waals surface area contributed by atoms with Gasteiger partial charge in [-0.3, -0.25) is 9.63 Å². The average Bonchev–Trinajstić information content (AvgIpc) is 3.13. The predicted octanol–water partition coefficient (Wildman–Crippen LogP) is 3.26. The number of halogens is 2. The van der Waals surface area contributed by atoms with Crippen molar-refractivity contribution in [3.63, 3.8) is 0 Å². The van der Waals surface area contributed by atoms with Gasteiger partial charge in [0.25, 0.3) is 0 Å². The molecule has 0 spiro atoms. The maximum absolute atomic E-state index is 14.2. The van der Waals surface area contributed by atoms with Gasteiger partial charge in [0.15, 0.2) is 0 Å². The van der Waals surface area contributed by atoms with Crippen LogP contribution in [0.5, 0.6) is 5.75 Å². The summed E-state index contributed by atoms with van der Waals surface area (Å²) in [5, 5.41) is 25.2. The highest BCUT2D eigenvalue weighted by Gasteiger charge is 2.57. The Morgan fingerprint density at radius 1 is 1.41 bits per heavy atom. The normalized spacial score (nSPS) is 35.5. The number of ether oxygens (including phenoxy) is 1. The Morgan fingerprint density at radius 2 is 2.12 bits per heavy atom. The van der Waals surface area contributed by atoms with Crippen LogP contribution in [0.4, 0.5) is 4.39 Å². The third kappa shape index (κ3) is 4.39. The number of carbonyl (C=O) groups excluding carboxylic acids is 1. The van der Waals surface area contributed by atoms with Crippen molar-refractivity contribution < 1.29 is 29.0 Å². The second kappa shape index (κ2) is 9.65. The maximum atomic E-state index is 14.2. The van der Waals surface area contributed by atoms with E-state index in [9.17, 15) is 19.4 Å². The van der Waals surface area contributed by atoms with Crippen molar-refractivity contribution in [2.24, 2.45) is 29.1 Å². The fourth-order valence-corrected chi connectivity index (χ4v) is 7.25. The summed E-state index contributed by atoms with van der Waals surface area (Å²) in [5.41, 5.74) is 0.790. The summed E-state index contributed by atoms with van der Waals surface area (Å²) >= 11 is 3.32. The van der Waals surface area contributed by atoms with E-state index >= 15 is 0 Å². The highest BCUT2D eigenvalue weighted by atomic mass is 79.9. The Labute approximate surface area is 209 Å². The van der Waals surface area contributed by atoms with Crippen molar-refractivity contribution in [1.82, 2.24) is 10.4 Å². The Bertz CT molecular complexity index is 929. The van der Waals surface area contributed by atoms with Crippen LogP contribution in [-0.2, 0) is 16.2 Å². The molecule has 1 unspecified atom stereocenters. The Hall–Kier alpha value is -1.26. The number of nitrogens with zero attached hydrogens (tertiary/aromatic N) is 1. The lowest BCUT2D eigenvalue weighted by atomic mass is 9.45. The predicted molar refractivity (Wildman–Crippen MR) is 128 cm³/mol.